The molecule has 2 aromatic heterocycles. The highest BCUT2D eigenvalue weighted by molar-refractivity contribution is 5.35. The van der Waals surface area contributed by atoms with Crippen LogP contribution in [0.3, 0.4) is 0 Å². The fourth-order valence-corrected chi connectivity index (χ4v) is 2.14. The minimum absolute atomic E-state index is 0.692. The van der Waals surface area contributed by atoms with E-state index in [1.165, 1.54) is 12.8 Å². The fourth-order valence-electron chi connectivity index (χ4n) is 2.14. The average molecular weight is 283 g/mol. The second-order valence-electron chi connectivity index (χ2n) is 5.52. The molecule has 2 aromatic rings. The Morgan fingerprint density at radius 3 is 2.90 bits per heavy atom. The van der Waals surface area contributed by atoms with Crippen molar-refractivity contribution in [3.8, 4) is 0 Å². The molecule has 0 radical (unpaired) electrons. The Bertz CT molecular complexity index is 568. The number of anilines is 1. The largest absolute Gasteiger partial charge is 0.358 e. The van der Waals surface area contributed by atoms with Crippen LogP contribution in [0.2, 0.25) is 0 Å². The Kier molecular flexibility index (Phi) is 4.40. The maximum atomic E-state index is 4.67. The molecule has 0 aliphatic heterocycles. The zero-order chi connectivity index (χ0) is 14.5. The first kappa shape index (κ1) is 13.9. The van der Waals surface area contributed by atoms with Crippen LogP contribution in [0.25, 0.3) is 0 Å². The normalized spacial score (nSPS) is 14.1. The van der Waals surface area contributed by atoms with Crippen LogP contribution >= 0.6 is 0 Å². The van der Waals surface area contributed by atoms with Crippen molar-refractivity contribution in [3.63, 3.8) is 0 Å². The summed E-state index contributed by atoms with van der Waals surface area (Å²) in [6.07, 6.45) is 8.97. The van der Waals surface area contributed by atoms with Gasteiger partial charge in [-0.2, -0.15) is 0 Å². The SMILES string of the molecule is CN(CCc1ccccn1)c1cncc(CNC2CC2)n1. The quantitative estimate of drug-likeness (QED) is 0.840. The third-order valence-electron chi connectivity index (χ3n) is 3.64. The van der Waals surface area contributed by atoms with Crippen molar-refractivity contribution in [3.05, 3.63) is 48.2 Å². The lowest BCUT2D eigenvalue weighted by molar-refractivity contribution is 0.670. The number of nitrogens with one attached hydrogen (secondary N) is 1. The molecular weight excluding hydrogens is 262 g/mol. The van der Waals surface area contributed by atoms with E-state index in [2.05, 4.69) is 31.2 Å². The van der Waals surface area contributed by atoms with Gasteiger partial charge in [-0.05, 0) is 25.0 Å². The van der Waals surface area contributed by atoms with Crippen molar-refractivity contribution in [2.24, 2.45) is 0 Å². The Morgan fingerprint density at radius 1 is 1.24 bits per heavy atom. The first-order valence-electron chi connectivity index (χ1n) is 7.46. The van der Waals surface area contributed by atoms with Crippen LogP contribution in [-0.4, -0.2) is 34.6 Å². The van der Waals surface area contributed by atoms with Gasteiger partial charge in [0.25, 0.3) is 0 Å². The van der Waals surface area contributed by atoms with Crippen molar-refractivity contribution < 1.29 is 0 Å². The summed E-state index contributed by atoms with van der Waals surface area (Å²) in [6.45, 7) is 1.69. The molecule has 0 saturated heterocycles. The summed E-state index contributed by atoms with van der Waals surface area (Å²) in [5.41, 5.74) is 2.10. The maximum Gasteiger partial charge on any atom is 0.147 e. The number of rotatable bonds is 7. The van der Waals surface area contributed by atoms with Gasteiger partial charge in [-0.3, -0.25) is 9.97 Å². The van der Waals surface area contributed by atoms with Gasteiger partial charge in [-0.15, -0.1) is 0 Å². The van der Waals surface area contributed by atoms with Gasteiger partial charge in [-0.25, -0.2) is 4.98 Å². The average Bonchev–Trinajstić information content (AvgIpc) is 3.36. The molecule has 1 aliphatic rings. The molecule has 0 unspecified atom stereocenters. The van der Waals surface area contributed by atoms with Gasteiger partial charge < -0.3 is 10.2 Å². The molecule has 0 aromatic carbocycles. The lowest BCUT2D eigenvalue weighted by Gasteiger charge is -2.18. The minimum Gasteiger partial charge on any atom is -0.358 e. The Labute approximate surface area is 125 Å². The van der Waals surface area contributed by atoms with Crippen LogP contribution in [0, 0.1) is 0 Å². The van der Waals surface area contributed by atoms with Crippen LogP contribution < -0.4 is 10.2 Å². The van der Waals surface area contributed by atoms with Crippen molar-refractivity contribution in [2.45, 2.75) is 31.8 Å². The van der Waals surface area contributed by atoms with Gasteiger partial charge in [0.15, 0.2) is 0 Å². The zero-order valence-electron chi connectivity index (χ0n) is 12.4. The van der Waals surface area contributed by atoms with E-state index >= 15 is 0 Å². The molecule has 1 aliphatic carbocycles. The van der Waals surface area contributed by atoms with E-state index in [4.69, 9.17) is 0 Å². The molecule has 5 heteroatoms. The van der Waals surface area contributed by atoms with Crippen molar-refractivity contribution >= 4 is 5.82 Å². The summed E-state index contributed by atoms with van der Waals surface area (Å²) in [5.74, 6) is 0.918. The molecule has 0 spiro atoms. The van der Waals surface area contributed by atoms with Gasteiger partial charge in [-0.1, -0.05) is 6.07 Å². The van der Waals surface area contributed by atoms with Crippen LogP contribution in [0.1, 0.15) is 24.2 Å². The van der Waals surface area contributed by atoms with Gasteiger partial charge in [0, 0.05) is 50.7 Å². The molecule has 3 rings (SSSR count). The summed E-state index contributed by atoms with van der Waals surface area (Å²) in [7, 11) is 2.05. The number of nitrogens with zero attached hydrogens (tertiary/aromatic N) is 4. The van der Waals surface area contributed by atoms with Gasteiger partial charge in [0.05, 0.1) is 11.9 Å². The number of hydrogen-bond donors (Lipinski definition) is 1. The first-order valence-corrected chi connectivity index (χ1v) is 7.46. The van der Waals surface area contributed by atoms with Crippen molar-refractivity contribution in [2.75, 3.05) is 18.5 Å². The molecule has 21 heavy (non-hydrogen) atoms. The van der Waals surface area contributed by atoms with Crippen LogP contribution in [0.4, 0.5) is 5.82 Å². The summed E-state index contributed by atoms with van der Waals surface area (Å²) in [4.78, 5) is 15.4. The van der Waals surface area contributed by atoms with E-state index in [1.54, 1.807) is 0 Å². The minimum atomic E-state index is 0.692. The molecule has 1 N–H and O–H groups in total. The zero-order valence-corrected chi connectivity index (χ0v) is 12.4. The van der Waals surface area contributed by atoms with Crippen molar-refractivity contribution in [1.29, 1.82) is 0 Å². The summed E-state index contributed by atoms with van der Waals surface area (Å²) in [6, 6.07) is 6.70. The first-order chi connectivity index (χ1) is 10.3. The molecule has 1 saturated carbocycles. The summed E-state index contributed by atoms with van der Waals surface area (Å²) >= 11 is 0. The lowest BCUT2D eigenvalue weighted by Crippen LogP contribution is -2.23. The second kappa shape index (κ2) is 6.63. The van der Waals surface area contributed by atoms with Crippen LogP contribution in [-0.2, 0) is 13.0 Å². The third-order valence-corrected chi connectivity index (χ3v) is 3.64. The summed E-state index contributed by atoms with van der Waals surface area (Å²) < 4.78 is 0. The van der Waals surface area contributed by atoms with Gasteiger partial charge in [0.1, 0.15) is 5.82 Å². The smallest absolute Gasteiger partial charge is 0.147 e. The molecule has 0 atom stereocenters. The molecular formula is C16H21N5. The Morgan fingerprint density at radius 2 is 2.14 bits per heavy atom. The molecule has 5 nitrogen and oxygen atoms in total. The number of aromatic nitrogens is 3. The molecule has 0 amide bonds. The molecule has 2 heterocycles. The number of likely N-dealkylation sites (N-methyl/N-ethyl adjacent to an activating group) is 1. The number of hydrogen-bond acceptors (Lipinski definition) is 5. The van der Waals surface area contributed by atoms with Gasteiger partial charge >= 0.3 is 0 Å². The Balaban J connectivity index is 1.55. The molecule has 110 valence electrons. The van der Waals surface area contributed by atoms with E-state index < -0.39 is 0 Å². The van der Waals surface area contributed by atoms with Gasteiger partial charge in [0.2, 0.25) is 0 Å². The topological polar surface area (TPSA) is 53.9 Å². The predicted octanol–water partition coefficient (Wildman–Crippen LogP) is 1.80. The third kappa shape index (κ3) is 4.23. The van der Waals surface area contributed by atoms with E-state index in [-0.39, 0.29) is 0 Å². The van der Waals surface area contributed by atoms with E-state index in [0.717, 1.165) is 36.7 Å². The second-order valence-corrected chi connectivity index (χ2v) is 5.52. The maximum absolute atomic E-state index is 4.67. The van der Waals surface area contributed by atoms with E-state index in [0.29, 0.717) is 6.04 Å². The molecule has 0 bridgehead atoms. The predicted molar refractivity (Wildman–Crippen MR) is 83.1 cm³/mol. The lowest BCUT2D eigenvalue weighted by atomic mass is 10.2. The summed E-state index contributed by atoms with van der Waals surface area (Å²) in [5, 5.41) is 3.47. The monoisotopic (exact) mass is 283 g/mol. The highest BCUT2D eigenvalue weighted by atomic mass is 15.2. The standard InChI is InChI=1S/C16H21N5/c1-21(9-7-13-4-2-3-8-18-13)16-12-17-10-15(20-16)11-19-14-5-6-14/h2-4,8,10,12,14,19H,5-7,9,11H2,1H3. The van der Waals surface area contributed by atoms with Crippen LogP contribution in [0.15, 0.2) is 36.8 Å². The van der Waals surface area contributed by atoms with Crippen molar-refractivity contribution in [1.82, 2.24) is 20.3 Å². The number of pyridine rings is 1. The fraction of sp³-hybridized carbons (Fsp3) is 0.438. The highest BCUT2D eigenvalue weighted by Gasteiger charge is 2.20. The van der Waals surface area contributed by atoms with Crippen LogP contribution in [0.5, 0.6) is 0 Å². The Hall–Kier alpha value is -2.01. The highest BCUT2D eigenvalue weighted by Crippen LogP contribution is 2.19. The molecule has 1 fully saturated rings. The van der Waals surface area contributed by atoms with E-state index in [1.807, 2.05) is 37.8 Å². The van der Waals surface area contributed by atoms with E-state index in [9.17, 15) is 0 Å².